The quantitative estimate of drug-likeness (QED) is 0.849. The van der Waals surface area contributed by atoms with Gasteiger partial charge in [0, 0.05) is 11.5 Å². The second-order valence-electron chi connectivity index (χ2n) is 6.50. The summed E-state index contributed by atoms with van der Waals surface area (Å²) < 4.78 is 2.24. The molecule has 0 radical (unpaired) electrons. The van der Waals surface area contributed by atoms with Gasteiger partial charge in [0.1, 0.15) is 0 Å². The molecule has 1 fully saturated rings. The molecule has 2 aliphatic rings. The summed E-state index contributed by atoms with van der Waals surface area (Å²) in [5.74, 6) is 0.268. The first-order valence-corrected chi connectivity index (χ1v) is 6.89. The molecule has 1 aromatic heterocycles. The molecule has 3 atom stereocenters. The Balaban J connectivity index is 1.90. The van der Waals surface area contributed by atoms with Gasteiger partial charge in [-0.3, -0.25) is 0 Å². The van der Waals surface area contributed by atoms with Crippen LogP contribution in [0.1, 0.15) is 31.9 Å². The molecule has 0 bridgehead atoms. The topological polar surface area (TPSA) is 38.1 Å². The second kappa shape index (κ2) is 3.48. The van der Waals surface area contributed by atoms with Crippen molar-refractivity contribution in [3.05, 3.63) is 42.4 Å². The van der Waals surface area contributed by atoms with Crippen molar-refractivity contribution in [2.24, 2.45) is 11.3 Å². The summed E-state index contributed by atoms with van der Waals surface area (Å²) in [5, 5.41) is 10.3. The Labute approximate surface area is 112 Å². The monoisotopic (exact) mass is 254 g/mol. The summed E-state index contributed by atoms with van der Waals surface area (Å²) in [4.78, 5) is 4.29. The lowest BCUT2D eigenvalue weighted by Crippen LogP contribution is -2.51. The Kier molecular flexibility index (Phi) is 2.06. The van der Waals surface area contributed by atoms with Crippen LogP contribution in [0.5, 0.6) is 0 Å². The summed E-state index contributed by atoms with van der Waals surface area (Å²) in [6, 6.07) is 8.73. The fourth-order valence-electron chi connectivity index (χ4n) is 4.04. The van der Waals surface area contributed by atoms with Crippen molar-refractivity contribution >= 4 is 0 Å². The van der Waals surface area contributed by atoms with Crippen molar-refractivity contribution in [2.75, 3.05) is 0 Å². The van der Waals surface area contributed by atoms with Crippen LogP contribution in [0, 0.1) is 11.3 Å². The van der Waals surface area contributed by atoms with Crippen LogP contribution in [0.3, 0.4) is 0 Å². The highest BCUT2D eigenvalue weighted by atomic mass is 16.3. The molecule has 1 N–H and O–H groups in total. The Bertz CT molecular complexity index is 644. The van der Waals surface area contributed by atoms with Crippen LogP contribution in [0.4, 0.5) is 0 Å². The predicted octanol–water partition coefficient (Wildman–Crippen LogP) is 2.86. The van der Waals surface area contributed by atoms with Crippen molar-refractivity contribution in [2.45, 2.75) is 32.4 Å². The van der Waals surface area contributed by atoms with E-state index in [1.807, 2.05) is 12.5 Å². The zero-order chi connectivity index (χ0) is 13.2. The van der Waals surface area contributed by atoms with Gasteiger partial charge in [-0.1, -0.05) is 38.1 Å². The maximum Gasteiger partial charge on any atom is 0.0956 e. The predicted molar refractivity (Wildman–Crippen MR) is 73.7 cm³/mol. The third-order valence-corrected chi connectivity index (χ3v) is 4.91. The van der Waals surface area contributed by atoms with Crippen molar-refractivity contribution in [1.29, 1.82) is 0 Å². The molecule has 1 aliphatic carbocycles. The van der Waals surface area contributed by atoms with Crippen molar-refractivity contribution in [3.63, 3.8) is 0 Å². The first-order chi connectivity index (χ1) is 9.09. The number of fused-ring (bicyclic) bond motifs is 3. The minimum atomic E-state index is -0.207. The first kappa shape index (κ1) is 11.2. The smallest absolute Gasteiger partial charge is 0.0956 e. The van der Waals surface area contributed by atoms with Gasteiger partial charge in [0.2, 0.25) is 0 Å². The molecule has 1 aliphatic heterocycles. The third kappa shape index (κ3) is 1.34. The van der Waals surface area contributed by atoms with Gasteiger partial charge in [-0.15, -0.1) is 0 Å². The van der Waals surface area contributed by atoms with Crippen LogP contribution >= 0.6 is 0 Å². The molecule has 3 heteroatoms. The molecule has 98 valence electrons. The zero-order valence-electron chi connectivity index (χ0n) is 11.2. The Morgan fingerprint density at radius 3 is 2.84 bits per heavy atom. The Morgan fingerprint density at radius 2 is 2.11 bits per heavy atom. The van der Waals surface area contributed by atoms with Crippen molar-refractivity contribution < 1.29 is 5.11 Å². The van der Waals surface area contributed by atoms with E-state index in [1.165, 1.54) is 16.8 Å². The summed E-state index contributed by atoms with van der Waals surface area (Å²) in [7, 11) is 0. The van der Waals surface area contributed by atoms with Crippen molar-refractivity contribution in [1.82, 2.24) is 9.55 Å². The molecule has 2 heterocycles. The van der Waals surface area contributed by atoms with Crippen LogP contribution in [0.15, 0.2) is 36.8 Å². The molecule has 3 nitrogen and oxygen atoms in total. The summed E-state index contributed by atoms with van der Waals surface area (Å²) in [6.07, 6.45) is 4.51. The number of rotatable bonds is 1. The molecular weight excluding hydrogens is 236 g/mol. The van der Waals surface area contributed by atoms with E-state index >= 15 is 0 Å². The average Bonchev–Trinajstić information content (AvgIpc) is 2.92. The second-order valence-corrected chi connectivity index (χ2v) is 6.50. The molecule has 4 rings (SSSR count). The summed E-state index contributed by atoms with van der Waals surface area (Å²) in [5.41, 5.74) is 3.95. The lowest BCUT2D eigenvalue weighted by atomic mass is 9.57. The van der Waals surface area contributed by atoms with Crippen LogP contribution in [-0.4, -0.2) is 20.8 Å². The lowest BCUT2D eigenvalue weighted by molar-refractivity contribution is -0.103. The van der Waals surface area contributed by atoms with Crippen LogP contribution < -0.4 is 0 Å². The molecule has 0 amide bonds. The number of nitrogens with zero attached hydrogens (tertiary/aromatic N) is 2. The highest BCUT2D eigenvalue weighted by Gasteiger charge is 2.53. The molecule has 0 spiro atoms. The zero-order valence-corrected chi connectivity index (χ0v) is 11.2. The van der Waals surface area contributed by atoms with Gasteiger partial charge in [-0.2, -0.15) is 0 Å². The summed E-state index contributed by atoms with van der Waals surface area (Å²) >= 11 is 0. The van der Waals surface area contributed by atoms with Crippen LogP contribution in [0.2, 0.25) is 0 Å². The normalized spacial score (nSPS) is 30.6. The van der Waals surface area contributed by atoms with E-state index in [0.717, 1.165) is 6.42 Å². The van der Waals surface area contributed by atoms with Gasteiger partial charge in [0.05, 0.1) is 30.4 Å². The van der Waals surface area contributed by atoms with E-state index in [9.17, 15) is 5.11 Å². The van der Waals surface area contributed by atoms with Gasteiger partial charge in [0.25, 0.3) is 0 Å². The number of aliphatic hydroxyl groups is 1. The molecule has 0 unspecified atom stereocenters. The SMILES string of the molecule is CC1(C)C[C@H](O)[C@@H]1[C@H]1c2ccccc2-c2cncn21. The third-order valence-electron chi connectivity index (χ3n) is 4.91. The van der Waals surface area contributed by atoms with E-state index in [1.54, 1.807) is 0 Å². The minimum absolute atomic E-state index is 0.184. The fourth-order valence-corrected chi connectivity index (χ4v) is 4.04. The number of aromatic nitrogens is 2. The molecule has 0 saturated heterocycles. The van der Waals surface area contributed by atoms with E-state index in [-0.39, 0.29) is 23.5 Å². The minimum Gasteiger partial charge on any atom is -0.393 e. The average molecular weight is 254 g/mol. The Morgan fingerprint density at radius 1 is 1.32 bits per heavy atom. The highest BCUT2D eigenvalue weighted by molar-refractivity contribution is 5.69. The molecular formula is C16H18N2O. The van der Waals surface area contributed by atoms with E-state index in [2.05, 4.69) is 47.7 Å². The van der Waals surface area contributed by atoms with E-state index in [4.69, 9.17) is 0 Å². The van der Waals surface area contributed by atoms with E-state index in [0.29, 0.717) is 0 Å². The fraction of sp³-hybridized carbons (Fsp3) is 0.438. The number of hydrogen-bond acceptors (Lipinski definition) is 2. The number of aliphatic hydroxyl groups excluding tert-OH is 1. The highest BCUT2D eigenvalue weighted by Crippen LogP contribution is 2.56. The molecule has 19 heavy (non-hydrogen) atoms. The first-order valence-electron chi connectivity index (χ1n) is 6.89. The molecule has 2 aromatic rings. The standard InChI is InChI=1S/C16H18N2O/c1-16(2)7-13(19)14(16)15-11-6-4-3-5-10(11)12-8-17-9-18(12)15/h3-6,8-9,13-15,19H,7H2,1-2H3/t13-,14+,15+/m0/s1. The number of imidazole rings is 1. The maximum absolute atomic E-state index is 10.3. The molecule has 1 saturated carbocycles. The van der Waals surface area contributed by atoms with Gasteiger partial charge in [0.15, 0.2) is 0 Å². The van der Waals surface area contributed by atoms with Gasteiger partial charge >= 0.3 is 0 Å². The molecule has 1 aromatic carbocycles. The van der Waals surface area contributed by atoms with Crippen LogP contribution in [0.25, 0.3) is 11.3 Å². The van der Waals surface area contributed by atoms with Crippen molar-refractivity contribution in [3.8, 4) is 11.3 Å². The van der Waals surface area contributed by atoms with Gasteiger partial charge in [-0.25, -0.2) is 4.98 Å². The van der Waals surface area contributed by atoms with Crippen LogP contribution in [-0.2, 0) is 0 Å². The van der Waals surface area contributed by atoms with Gasteiger partial charge < -0.3 is 9.67 Å². The number of hydrogen-bond donors (Lipinski definition) is 1. The largest absolute Gasteiger partial charge is 0.393 e. The number of benzene rings is 1. The van der Waals surface area contributed by atoms with E-state index < -0.39 is 0 Å². The van der Waals surface area contributed by atoms with Gasteiger partial charge in [-0.05, 0) is 17.4 Å². The lowest BCUT2D eigenvalue weighted by Gasteiger charge is -2.52. The maximum atomic E-state index is 10.3. The summed E-state index contributed by atoms with van der Waals surface area (Å²) in [6.45, 7) is 4.50. The Hall–Kier alpha value is -1.61.